The summed E-state index contributed by atoms with van der Waals surface area (Å²) in [5.74, 6) is 0.582. The maximum atomic E-state index is 12.2. The Balaban J connectivity index is 1.57. The molecule has 1 aliphatic carbocycles. The number of nitrogens with one attached hydrogen (secondary N) is 2. The molecular weight excluding hydrogens is 310 g/mol. The van der Waals surface area contributed by atoms with Crippen molar-refractivity contribution in [1.82, 2.24) is 15.5 Å². The lowest BCUT2D eigenvalue weighted by Gasteiger charge is -2.30. The van der Waals surface area contributed by atoms with Gasteiger partial charge in [0.2, 0.25) is 5.91 Å². The highest BCUT2D eigenvalue weighted by Gasteiger charge is 2.24. The molecule has 1 aliphatic rings. The van der Waals surface area contributed by atoms with Crippen molar-refractivity contribution in [1.29, 1.82) is 0 Å². The standard InChI is InChI=1S/C18H22ClN3O/c1-12-15(11-20-22-12)10-18(23)21-17-4-2-3-14(9-17)13-5-7-16(19)8-6-13/h5-8,11,14,17H,2-4,9-10H2,1H3,(H,20,22)(H,21,23). The normalized spacial score (nSPS) is 21.1. The number of benzene rings is 1. The molecule has 0 spiro atoms. The number of hydrogen-bond donors (Lipinski definition) is 2. The average molecular weight is 332 g/mol. The molecule has 0 bridgehead atoms. The first-order valence-electron chi connectivity index (χ1n) is 8.15. The van der Waals surface area contributed by atoms with Gasteiger partial charge in [0.05, 0.1) is 12.6 Å². The van der Waals surface area contributed by atoms with Crippen LogP contribution in [0.25, 0.3) is 0 Å². The highest BCUT2D eigenvalue weighted by molar-refractivity contribution is 6.30. The van der Waals surface area contributed by atoms with E-state index in [1.807, 2.05) is 19.1 Å². The number of halogens is 1. The van der Waals surface area contributed by atoms with Crippen molar-refractivity contribution in [3.63, 3.8) is 0 Å². The molecule has 2 unspecified atom stereocenters. The van der Waals surface area contributed by atoms with Crippen LogP contribution in [-0.2, 0) is 11.2 Å². The molecule has 0 radical (unpaired) electrons. The number of rotatable bonds is 4. The smallest absolute Gasteiger partial charge is 0.224 e. The van der Waals surface area contributed by atoms with Gasteiger partial charge in [-0.1, -0.05) is 30.2 Å². The Labute approximate surface area is 141 Å². The number of hydrogen-bond acceptors (Lipinski definition) is 2. The van der Waals surface area contributed by atoms with Crippen LogP contribution >= 0.6 is 11.6 Å². The van der Waals surface area contributed by atoms with Crippen LogP contribution < -0.4 is 5.32 Å². The van der Waals surface area contributed by atoms with E-state index in [1.165, 1.54) is 12.0 Å². The quantitative estimate of drug-likeness (QED) is 0.896. The van der Waals surface area contributed by atoms with E-state index in [1.54, 1.807) is 6.20 Å². The van der Waals surface area contributed by atoms with E-state index in [0.717, 1.165) is 35.5 Å². The number of carbonyl (C=O) groups is 1. The van der Waals surface area contributed by atoms with Gasteiger partial charge in [0, 0.05) is 22.3 Å². The number of nitrogens with zero attached hydrogens (tertiary/aromatic N) is 1. The number of aromatic amines is 1. The fourth-order valence-electron chi connectivity index (χ4n) is 3.36. The predicted octanol–water partition coefficient (Wildman–Crippen LogP) is 3.76. The first-order chi connectivity index (χ1) is 11.1. The molecule has 1 fully saturated rings. The number of aromatic nitrogens is 2. The molecule has 1 saturated carbocycles. The van der Waals surface area contributed by atoms with Crippen LogP contribution in [0.4, 0.5) is 0 Å². The van der Waals surface area contributed by atoms with Crippen LogP contribution in [-0.4, -0.2) is 22.1 Å². The van der Waals surface area contributed by atoms with Crippen molar-refractivity contribution < 1.29 is 4.79 Å². The summed E-state index contributed by atoms with van der Waals surface area (Å²) in [6, 6.07) is 8.35. The van der Waals surface area contributed by atoms with E-state index >= 15 is 0 Å². The summed E-state index contributed by atoms with van der Waals surface area (Å²) in [7, 11) is 0. The van der Waals surface area contributed by atoms with E-state index < -0.39 is 0 Å². The molecule has 3 rings (SSSR count). The molecule has 2 N–H and O–H groups in total. The van der Waals surface area contributed by atoms with Gasteiger partial charge in [-0.15, -0.1) is 0 Å². The number of carbonyl (C=O) groups excluding carboxylic acids is 1. The van der Waals surface area contributed by atoms with Crippen molar-refractivity contribution in [2.45, 2.75) is 51.0 Å². The fourth-order valence-corrected chi connectivity index (χ4v) is 3.49. The van der Waals surface area contributed by atoms with Crippen molar-refractivity contribution in [3.8, 4) is 0 Å². The van der Waals surface area contributed by atoms with E-state index in [0.29, 0.717) is 12.3 Å². The summed E-state index contributed by atoms with van der Waals surface area (Å²) >= 11 is 5.96. The molecule has 1 heterocycles. The van der Waals surface area contributed by atoms with Crippen molar-refractivity contribution in [3.05, 3.63) is 52.3 Å². The Hall–Kier alpha value is -1.81. The van der Waals surface area contributed by atoms with Gasteiger partial charge < -0.3 is 5.32 Å². The van der Waals surface area contributed by atoms with Gasteiger partial charge in [-0.2, -0.15) is 5.10 Å². The fraction of sp³-hybridized carbons (Fsp3) is 0.444. The van der Waals surface area contributed by atoms with Crippen LogP contribution in [0.5, 0.6) is 0 Å². The second kappa shape index (κ2) is 7.18. The number of H-pyrrole nitrogens is 1. The molecule has 0 saturated heterocycles. The summed E-state index contributed by atoms with van der Waals surface area (Å²) < 4.78 is 0. The molecular formula is C18H22ClN3O. The molecule has 1 aromatic carbocycles. The van der Waals surface area contributed by atoms with Crippen LogP contribution in [0.1, 0.15) is 48.4 Å². The molecule has 5 heteroatoms. The second-order valence-electron chi connectivity index (χ2n) is 6.38. The van der Waals surface area contributed by atoms with E-state index in [9.17, 15) is 4.79 Å². The number of amides is 1. The predicted molar refractivity (Wildman–Crippen MR) is 91.6 cm³/mol. The molecule has 23 heavy (non-hydrogen) atoms. The largest absolute Gasteiger partial charge is 0.353 e. The van der Waals surface area contributed by atoms with Gasteiger partial charge >= 0.3 is 0 Å². The lowest BCUT2D eigenvalue weighted by atomic mass is 9.81. The molecule has 2 aromatic rings. The monoisotopic (exact) mass is 331 g/mol. The van der Waals surface area contributed by atoms with Gasteiger partial charge in [0.1, 0.15) is 0 Å². The third-order valence-corrected chi connectivity index (χ3v) is 4.92. The minimum absolute atomic E-state index is 0.0799. The topological polar surface area (TPSA) is 57.8 Å². The van der Waals surface area contributed by atoms with Crippen molar-refractivity contribution in [2.24, 2.45) is 0 Å². The molecule has 122 valence electrons. The van der Waals surface area contributed by atoms with Crippen LogP contribution in [0.2, 0.25) is 5.02 Å². The highest BCUT2D eigenvalue weighted by atomic mass is 35.5. The molecule has 2 atom stereocenters. The Bertz CT molecular complexity index is 665. The lowest BCUT2D eigenvalue weighted by Crippen LogP contribution is -2.38. The summed E-state index contributed by atoms with van der Waals surface area (Å²) in [4.78, 5) is 12.2. The molecule has 4 nitrogen and oxygen atoms in total. The summed E-state index contributed by atoms with van der Waals surface area (Å²) in [5, 5.41) is 10.8. The van der Waals surface area contributed by atoms with E-state index in [4.69, 9.17) is 11.6 Å². The van der Waals surface area contributed by atoms with Gasteiger partial charge in [-0.05, 0) is 49.8 Å². The Morgan fingerprint density at radius 3 is 2.83 bits per heavy atom. The first kappa shape index (κ1) is 16.1. The molecule has 0 aliphatic heterocycles. The SMILES string of the molecule is Cc1[nH]ncc1CC(=O)NC1CCCC(c2ccc(Cl)cc2)C1. The first-order valence-corrected chi connectivity index (χ1v) is 8.53. The minimum atomic E-state index is 0.0799. The lowest BCUT2D eigenvalue weighted by molar-refractivity contribution is -0.121. The Morgan fingerprint density at radius 2 is 2.13 bits per heavy atom. The Morgan fingerprint density at radius 1 is 1.35 bits per heavy atom. The van der Waals surface area contributed by atoms with Crippen LogP contribution in [0.15, 0.2) is 30.5 Å². The van der Waals surface area contributed by atoms with Crippen LogP contribution in [0.3, 0.4) is 0 Å². The van der Waals surface area contributed by atoms with Crippen molar-refractivity contribution in [2.75, 3.05) is 0 Å². The average Bonchev–Trinajstić information content (AvgIpc) is 2.93. The van der Waals surface area contributed by atoms with Gasteiger partial charge in [-0.25, -0.2) is 0 Å². The zero-order chi connectivity index (χ0) is 16.2. The van der Waals surface area contributed by atoms with Gasteiger partial charge in [0.15, 0.2) is 0 Å². The molecule has 1 aromatic heterocycles. The van der Waals surface area contributed by atoms with E-state index in [2.05, 4.69) is 27.6 Å². The van der Waals surface area contributed by atoms with Crippen molar-refractivity contribution >= 4 is 17.5 Å². The third-order valence-electron chi connectivity index (χ3n) is 4.67. The van der Waals surface area contributed by atoms with E-state index in [-0.39, 0.29) is 11.9 Å². The maximum absolute atomic E-state index is 12.2. The second-order valence-corrected chi connectivity index (χ2v) is 6.81. The zero-order valence-electron chi connectivity index (χ0n) is 13.3. The maximum Gasteiger partial charge on any atom is 0.224 e. The Kier molecular flexibility index (Phi) is 5.01. The summed E-state index contributed by atoms with van der Waals surface area (Å²) in [5.41, 5.74) is 3.24. The highest BCUT2D eigenvalue weighted by Crippen LogP contribution is 2.33. The number of aryl methyl sites for hydroxylation is 1. The summed E-state index contributed by atoms with van der Waals surface area (Å²) in [6.45, 7) is 1.94. The van der Waals surface area contributed by atoms with Gasteiger partial charge in [0.25, 0.3) is 0 Å². The van der Waals surface area contributed by atoms with Crippen LogP contribution in [0, 0.1) is 6.92 Å². The van der Waals surface area contributed by atoms with Gasteiger partial charge in [-0.3, -0.25) is 9.89 Å². The summed E-state index contributed by atoms with van der Waals surface area (Å²) in [6.07, 6.45) is 6.49. The third kappa shape index (κ3) is 4.14. The molecule has 1 amide bonds. The zero-order valence-corrected chi connectivity index (χ0v) is 14.1. The minimum Gasteiger partial charge on any atom is -0.353 e.